The minimum Gasteiger partial charge on any atom is -0.244 e. The van der Waals surface area contributed by atoms with Crippen molar-refractivity contribution in [2.45, 2.75) is 38.8 Å². The van der Waals surface area contributed by atoms with Crippen LogP contribution in [0, 0.1) is 5.92 Å². The van der Waals surface area contributed by atoms with Gasteiger partial charge in [-0.25, -0.2) is 17.1 Å². The highest BCUT2D eigenvalue weighted by Crippen LogP contribution is 2.33. The van der Waals surface area contributed by atoms with Crippen LogP contribution in [0.25, 0.3) is 0 Å². The predicted molar refractivity (Wildman–Crippen MR) is 58.9 cm³/mol. The molecule has 0 saturated carbocycles. The molecule has 0 amide bonds. The number of hydrogen-bond acceptors (Lipinski definition) is 2. The average molecular weight is 237 g/mol. The van der Waals surface area contributed by atoms with Crippen LogP contribution in [0.5, 0.6) is 0 Å². The Bertz CT molecular complexity index is 305. The summed E-state index contributed by atoms with van der Waals surface area (Å²) in [5.74, 6) is 0.319. The van der Waals surface area contributed by atoms with E-state index < -0.39 is 15.7 Å². The van der Waals surface area contributed by atoms with Gasteiger partial charge >= 0.3 is 0 Å². The average Bonchev–Trinajstić information content (AvgIpc) is 2.00. The van der Waals surface area contributed by atoms with Crippen LogP contribution >= 0.6 is 0 Å². The summed E-state index contributed by atoms with van der Waals surface area (Å²) >= 11 is 0. The van der Waals surface area contributed by atoms with Crippen molar-refractivity contribution in [2.24, 2.45) is 5.92 Å². The summed E-state index contributed by atoms with van der Waals surface area (Å²) in [6.45, 7) is 4.62. The maximum Gasteiger partial charge on any atom is 0.211 e. The first-order valence-electron chi connectivity index (χ1n) is 5.37. The highest BCUT2D eigenvalue weighted by atomic mass is 32.2. The molecule has 15 heavy (non-hydrogen) atoms. The van der Waals surface area contributed by atoms with Crippen LogP contribution in [0.1, 0.15) is 33.1 Å². The van der Waals surface area contributed by atoms with E-state index in [-0.39, 0.29) is 0 Å². The first-order valence-corrected chi connectivity index (χ1v) is 7.22. The van der Waals surface area contributed by atoms with Crippen molar-refractivity contribution in [3.63, 3.8) is 0 Å². The lowest BCUT2D eigenvalue weighted by Crippen LogP contribution is -2.44. The molecule has 0 aromatic rings. The smallest absolute Gasteiger partial charge is 0.211 e. The second-order valence-electron chi connectivity index (χ2n) is 4.91. The van der Waals surface area contributed by atoms with E-state index in [1.165, 1.54) is 10.6 Å². The molecular weight excluding hydrogens is 217 g/mol. The van der Waals surface area contributed by atoms with Crippen LogP contribution in [-0.4, -0.2) is 37.7 Å². The van der Waals surface area contributed by atoms with Crippen LogP contribution in [0.2, 0.25) is 0 Å². The largest absolute Gasteiger partial charge is 0.244 e. The standard InChI is InChI=1S/C10H20FNO2S/c1-9(2)8-10(11)4-6-12(7-5-10)15(3,13)14/h9H,4-8H2,1-3H3. The number of piperidine rings is 1. The third-order valence-electron chi connectivity index (χ3n) is 2.86. The number of nitrogens with zero attached hydrogens (tertiary/aromatic N) is 1. The Hall–Kier alpha value is -0.160. The molecule has 3 nitrogen and oxygen atoms in total. The highest BCUT2D eigenvalue weighted by Gasteiger charge is 2.37. The maximum absolute atomic E-state index is 14.2. The van der Waals surface area contributed by atoms with Crippen molar-refractivity contribution in [1.29, 1.82) is 0 Å². The summed E-state index contributed by atoms with van der Waals surface area (Å²) in [4.78, 5) is 0. The van der Waals surface area contributed by atoms with Gasteiger partial charge in [-0.1, -0.05) is 13.8 Å². The van der Waals surface area contributed by atoms with Gasteiger partial charge in [-0.05, 0) is 25.2 Å². The van der Waals surface area contributed by atoms with Gasteiger partial charge in [0.25, 0.3) is 0 Å². The van der Waals surface area contributed by atoms with E-state index in [9.17, 15) is 12.8 Å². The molecule has 1 fully saturated rings. The lowest BCUT2D eigenvalue weighted by molar-refractivity contribution is 0.0666. The van der Waals surface area contributed by atoms with Crippen molar-refractivity contribution in [3.05, 3.63) is 0 Å². The van der Waals surface area contributed by atoms with E-state index >= 15 is 0 Å². The van der Waals surface area contributed by atoms with Gasteiger partial charge in [0, 0.05) is 13.1 Å². The molecule has 0 unspecified atom stereocenters. The summed E-state index contributed by atoms with van der Waals surface area (Å²) < 4.78 is 38.0. The number of sulfonamides is 1. The van der Waals surface area contributed by atoms with Gasteiger partial charge < -0.3 is 0 Å². The van der Waals surface area contributed by atoms with Crippen LogP contribution in [0.3, 0.4) is 0 Å². The van der Waals surface area contributed by atoms with E-state index in [2.05, 4.69) is 0 Å². The number of hydrogen-bond donors (Lipinski definition) is 0. The predicted octanol–water partition coefficient (Wildman–Crippen LogP) is 1.80. The normalized spacial score (nSPS) is 23.3. The minimum atomic E-state index is -3.14. The number of halogens is 1. The van der Waals surface area contributed by atoms with Crippen molar-refractivity contribution < 1.29 is 12.8 Å². The van der Waals surface area contributed by atoms with Crippen molar-refractivity contribution in [3.8, 4) is 0 Å². The zero-order valence-electron chi connectivity index (χ0n) is 9.66. The van der Waals surface area contributed by atoms with Gasteiger partial charge in [0.15, 0.2) is 0 Å². The van der Waals surface area contributed by atoms with E-state index in [1.54, 1.807) is 0 Å². The Morgan fingerprint density at radius 1 is 1.33 bits per heavy atom. The number of rotatable bonds is 3. The van der Waals surface area contributed by atoms with E-state index in [4.69, 9.17) is 0 Å². The molecule has 0 spiro atoms. The topological polar surface area (TPSA) is 37.4 Å². The third-order valence-corrected chi connectivity index (χ3v) is 4.16. The van der Waals surface area contributed by atoms with Crippen LogP contribution in [0.4, 0.5) is 4.39 Å². The highest BCUT2D eigenvalue weighted by molar-refractivity contribution is 7.88. The summed E-state index contributed by atoms with van der Waals surface area (Å²) in [6, 6.07) is 0. The Morgan fingerprint density at radius 2 is 1.80 bits per heavy atom. The van der Waals surface area contributed by atoms with Crippen LogP contribution in [0.15, 0.2) is 0 Å². The molecular formula is C10H20FNO2S. The molecule has 1 aliphatic heterocycles. The molecule has 1 heterocycles. The van der Waals surface area contributed by atoms with Gasteiger partial charge in [0.1, 0.15) is 5.67 Å². The maximum atomic E-state index is 14.2. The zero-order valence-corrected chi connectivity index (χ0v) is 10.5. The fourth-order valence-electron chi connectivity index (χ4n) is 2.15. The van der Waals surface area contributed by atoms with Crippen LogP contribution in [-0.2, 0) is 10.0 Å². The lowest BCUT2D eigenvalue weighted by atomic mass is 9.86. The molecule has 1 rings (SSSR count). The van der Waals surface area contributed by atoms with E-state index in [0.717, 1.165) is 0 Å². The SMILES string of the molecule is CC(C)CC1(F)CCN(S(C)(=O)=O)CC1. The molecule has 0 aromatic heterocycles. The van der Waals surface area contributed by atoms with Gasteiger partial charge in [-0.2, -0.15) is 0 Å². The Kier molecular flexibility index (Phi) is 3.76. The quantitative estimate of drug-likeness (QED) is 0.750. The summed E-state index contributed by atoms with van der Waals surface area (Å²) in [7, 11) is -3.14. The first-order chi connectivity index (χ1) is 6.73. The monoisotopic (exact) mass is 237 g/mol. The fourth-order valence-corrected chi connectivity index (χ4v) is 3.00. The molecule has 0 radical (unpaired) electrons. The van der Waals surface area contributed by atoms with Gasteiger partial charge in [-0.15, -0.1) is 0 Å². The van der Waals surface area contributed by atoms with Crippen LogP contribution < -0.4 is 0 Å². The Labute approximate surface area is 91.7 Å². The molecule has 5 heteroatoms. The molecule has 0 aliphatic carbocycles. The number of alkyl halides is 1. The summed E-state index contributed by atoms with van der Waals surface area (Å²) in [6.07, 6.45) is 2.38. The van der Waals surface area contributed by atoms with Crippen molar-refractivity contribution in [1.82, 2.24) is 4.31 Å². The van der Waals surface area contributed by atoms with Gasteiger partial charge in [0.05, 0.1) is 6.26 Å². The van der Waals surface area contributed by atoms with Gasteiger partial charge in [-0.3, -0.25) is 0 Å². The zero-order chi connectivity index (χ0) is 11.7. The third kappa shape index (κ3) is 3.72. The summed E-state index contributed by atoms with van der Waals surface area (Å²) in [5.41, 5.74) is -1.16. The van der Waals surface area contributed by atoms with Crippen molar-refractivity contribution in [2.75, 3.05) is 19.3 Å². The first kappa shape index (κ1) is 12.9. The lowest BCUT2D eigenvalue weighted by Gasteiger charge is -2.36. The molecule has 0 N–H and O–H groups in total. The molecule has 90 valence electrons. The van der Waals surface area contributed by atoms with E-state index in [0.29, 0.717) is 38.3 Å². The Balaban J connectivity index is 2.55. The fraction of sp³-hybridized carbons (Fsp3) is 1.00. The summed E-state index contributed by atoms with van der Waals surface area (Å²) in [5, 5.41) is 0. The van der Waals surface area contributed by atoms with E-state index in [1.807, 2.05) is 13.8 Å². The second-order valence-corrected chi connectivity index (χ2v) is 6.89. The molecule has 1 saturated heterocycles. The van der Waals surface area contributed by atoms with Crippen molar-refractivity contribution >= 4 is 10.0 Å². The Morgan fingerprint density at radius 3 is 2.13 bits per heavy atom. The van der Waals surface area contributed by atoms with Gasteiger partial charge in [0.2, 0.25) is 10.0 Å². The minimum absolute atomic E-state index is 0.319. The molecule has 0 aromatic carbocycles. The molecule has 1 aliphatic rings. The second kappa shape index (κ2) is 4.37. The molecule has 0 atom stereocenters. The molecule has 0 bridgehead atoms.